The van der Waals surface area contributed by atoms with E-state index in [9.17, 15) is 4.79 Å². The summed E-state index contributed by atoms with van der Waals surface area (Å²) in [5.74, 6) is 1.96. The zero-order valence-electron chi connectivity index (χ0n) is 12.1. The summed E-state index contributed by atoms with van der Waals surface area (Å²) in [6, 6.07) is 3.98. The fraction of sp³-hybridized carbons (Fsp3) is 0.600. The number of hydrogen-bond donors (Lipinski definition) is 1. The molecule has 0 aliphatic carbocycles. The summed E-state index contributed by atoms with van der Waals surface area (Å²) in [4.78, 5) is 20.7. The molecule has 108 valence electrons. The molecule has 1 aromatic rings. The van der Waals surface area contributed by atoms with Crippen LogP contribution in [0.2, 0.25) is 0 Å². The summed E-state index contributed by atoms with van der Waals surface area (Å²) in [5.41, 5.74) is 0.858. The highest BCUT2D eigenvalue weighted by molar-refractivity contribution is 5.89. The molecule has 0 saturated carbocycles. The van der Waals surface area contributed by atoms with Crippen LogP contribution in [-0.4, -0.2) is 37.1 Å². The van der Waals surface area contributed by atoms with Gasteiger partial charge in [-0.2, -0.15) is 0 Å². The summed E-state index contributed by atoms with van der Waals surface area (Å²) in [5, 5.41) is 2.90. The number of aromatic nitrogens is 1. The van der Waals surface area contributed by atoms with E-state index >= 15 is 0 Å². The number of carbonyl (C=O) groups excluding carboxylic acids is 1. The molecule has 0 unspecified atom stereocenters. The minimum atomic E-state index is -0.0315. The van der Waals surface area contributed by atoms with Gasteiger partial charge in [-0.05, 0) is 25.7 Å². The first-order valence-corrected chi connectivity index (χ1v) is 7.52. The third-order valence-corrected chi connectivity index (χ3v) is 3.98. The Balaban J connectivity index is 1.91. The number of anilines is 3. The summed E-state index contributed by atoms with van der Waals surface area (Å²) in [6.45, 7) is 5.81. The Morgan fingerprint density at radius 2 is 1.45 bits per heavy atom. The van der Waals surface area contributed by atoms with E-state index in [1.807, 2.05) is 12.1 Å². The lowest BCUT2D eigenvalue weighted by atomic mass is 10.3. The number of pyridine rings is 1. The van der Waals surface area contributed by atoms with E-state index in [1.165, 1.54) is 25.7 Å². The predicted octanol–water partition coefficient (Wildman–Crippen LogP) is 2.24. The second-order valence-electron chi connectivity index (χ2n) is 5.64. The van der Waals surface area contributed by atoms with Crippen LogP contribution >= 0.6 is 0 Å². The molecule has 2 aliphatic heterocycles. The molecule has 0 aromatic carbocycles. The fourth-order valence-corrected chi connectivity index (χ4v) is 2.99. The SMILES string of the molecule is CC(=O)Nc1cc(N2CCCC2)nc(N2CCCC2)c1. The molecule has 1 amide bonds. The van der Waals surface area contributed by atoms with Gasteiger partial charge in [0.05, 0.1) is 0 Å². The maximum atomic E-state index is 11.3. The lowest BCUT2D eigenvalue weighted by Crippen LogP contribution is -2.23. The first kappa shape index (κ1) is 13.2. The average Bonchev–Trinajstić information content (AvgIpc) is 3.11. The van der Waals surface area contributed by atoms with Crippen molar-refractivity contribution in [2.24, 2.45) is 0 Å². The summed E-state index contributed by atoms with van der Waals surface area (Å²) in [6.07, 6.45) is 4.91. The second kappa shape index (κ2) is 5.69. The number of nitrogens with one attached hydrogen (secondary N) is 1. The van der Waals surface area contributed by atoms with Crippen molar-refractivity contribution < 1.29 is 4.79 Å². The van der Waals surface area contributed by atoms with Crippen molar-refractivity contribution in [3.05, 3.63) is 12.1 Å². The number of carbonyl (C=O) groups is 1. The van der Waals surface area contributed by atoms with Gasteiger partial charge in [0, 0.05) is 50.9 Å². The molecule has 2 saturated heterocycles. The van der Waals surface area contributed by atoms with Crippen molar-refractivity contribution in [3.8, 4) is 0 Å². The molecule has 5 heteroatoms. The van der Waals surface area contributed by atoms with Crippen LogP contribution in [0.3, 0.4) is 0 Å². The fourth-order valence-electron chi connectivity index (χ4n) is 2.99. The van der Waals surface area contributed by atoms with Gasteiger partial charge in [-0.3, -0.25) is 4.79 Å². The van der Waals surface area contributed by atoms with Gasteiger partial charge in [-0.1, -0.05) is 0 Å². The van der Waals surface area contributed by atoms with Gasteiger partial charge in [-0.15, -0.1) is 0 Å². The summed E-state index contributed by atoms with van der Waals surface area (Å²) in [7, 11) is 0. The molecule has 20 heavy (non-hydrogen) atoms. The molecule has 2 fully saturated rings. The first-order valence-electron chi connectivity index (χ1n) is 7.52. The molecule has 3 rings (SSSR count). The van der Waals surface area contributed by atoms with Crippen molar-refractivity contribution in [1.29, 1.82) is 0 Å². The van der Waals surface area contributed by atoms with Gasteiger partial charge in [0.1, 0.15) is 11.6 Å². The highest BCUT2D eigenvalue weighted by Gasteiger charge is 2.19. The molecular weight excluding hydrogens is 252 g/mol. The monoisotopic (exact) mass is 274 g/mol. The van der Waals surface area contributed by atoms with E-state index in [1.54, 1.807) is 6.92 Å². The van der Waals surface area contributed by atoms with Gasteiger partial charge in [0.2, 0.25) is 5.91 Å². The molecule has 0 spiro atoms. The highest BCUT2D eigenvalue weighted by atomic mass is 16.1. The number of hydrogen-bond acceptors (Lipinski definition) is 4. The molecular formula is C15H22N4O. The van der Waals surface area contributed by atoms with Crippen molar-refractivity contribution in [3.63, 3.8) is 0 Å². The molecule has 0 bridgehead atoms. The average molecular weight is 274 g/mol. The van der Waals surface area contributed by atoms with Gasteiger partial charge in [-0.25, -0.2) is 4.98 Å². The Bertz CT molecular complexity index is 456. The molecule has 2 aliphatic rings. The number of nitrogens with zero attached hydrogens (tertiary/aromatic N) is 3. The minimum Gasteiger partial charge on any atom is -0.356 e. The van der Waals surface area contributed by atoms with Gasteiger partial charge < -0.3 is 15.1 Å². The third-order valence-electron chi connectivity index (χ3n) is 3.98. The Labute approximate surface area is 120 Å². The molecule has 0 radical (unpaired) electrons. The van der Waals surface area contributed by atoms with Crippen LogP contribution in [0.25, 0.3) is 0 Å². The van der Waals surface area contributed by atoms with E-state index in [0.717, 1.165) is 43.5 Å². The molecule has 0 atom stereocenters. The smallest absolute Gasteiger partial charge is 0.221 e. The molecule has 5 nitrogen and oxygen atoms in total. The summed E-state index contributed by atoms with van der Waals surface area (Å²) >= 11 is 0. The molecule has 3 heterocycles. The van der Waals surface area contributed by atoms with Crippen LogP contribution in [0, 0.1) is 0 Å². The van der Waals surface area contributed by atoms with Crippen LogP contribution in [0.5, 0.6) is 0 Å². The standard InChI is InChI=1S/C15H22N4O/c1-12(20)16-13-10-14(18-6-2-3-7-18)17-15(11-13)19-8-4-5-9-19/h10-11H,2-9H2,1H3,(H,16,17,20). The number of rotatable bonds is 3. The maximum absolute atomic E-state index is 11.3. The van der Waals surface area contributed by atoms with Gasteiger partial charge in [0.15, 0.2) is 0 Å². The van der Waals surface area contributed by atoms with Gasteiger partial charge >= 0.3 is 0 Å². The zero-order chi connectivity index (χ0) is 13.9. The van der Waals surface area contributed by atoms with Crippen molar-refractivity contribution in [1.82, 2.24) is 4.98 Å². The van der Waals surface area contributed by atoms with Crippen LogP contribution in [-0.2, 0) is 4.79 Å². The Hall–Kier alpha value is -1.78. The molecule has 1 N–H and O–H groups in total. The van der Waals surface area contributed by atoms with Crippen molar-refractivity contribution in [2.45, 2.75) is 32.6 Å². The van der Waals surface area contributed by atoms with E-state index in [4.69, 9.17) is 4.98 Å². The Morgan fingerprint density at radius 3 is 1.85 bits per heavy atom. The summed E-state index contributed by atoms with van der Waals surface area (Å²) < 4.78 is 0. The normalized spacial score (nSPS) is 18.6. The predicted molar refractivity (Wildman–Crippen MR) is 81.4 cm³/mol. The van der Waals surface area contributed by atoms with Crippen LogP contribution < -0.4 is 15.1 Å². The van der Waals surface area contributed by atoms with Crippen molar-refractivity contribution in [2.75, 3.05) is 41.3 Å². The lowest BCUT2D eigenvalue weighted by Gasteiger charge is -2.22. The largest absolute Gasteiger partial charge is 0.356 e. The topological polar surface area (TPSA) is 48.5 Å². The Kier molecular flexibility index (Phi) is 3.76. The quantitative estimate of drug-likeness (QED) is 0.918. The lowest BCUT2D eigenvalue weighted by molar-refractivity contribution is -0.114. The van der Waals surface area contributed by atoms with Gasteiger partial charge in [0.25, 0.3) is 0 Å². The third kappa shape index (κ3) is 2.86. The maximum Gasteiger partial charge on any atom is 0.221 e. The highest BCUT2D eigenvalue weighted by Crippen LogP contribution is 2.28. The first-order chi connectivity index (χ1) is 9.72. The van der Waals surface area contributed by atoms with E-state index < -0.39 is 0 Å². The molecule has 1 aromatic heterocycles. The number of amides is 1. The second-order valence-corrected chi connectivity index (χ2v) is 5.64. The van der Waals surface area contributed by atoms with Crippen LogP contribution in [0.1, 0.15) is 32.6 Å². The van der Waals surface area contributed by atoms with E-state index in [2.05, 4.69) is 15.1 Å². The van der Waals surface area contributed by atoms with E-state index in [0.29, 0.717) is 0 Å². The van der Waals surface area contributed by atoms with Crippen molar-refractivity contribution >= 4 is 23.2 Å². The Morgan fingerprint density at radius 1 is 1.00 bits per heavy atom. The van der Waals surface area contributed by atoms with E-state index in [-0.39, 0.29) is 5.91 Å². The van der Waals surface area contributed by atoms with Crippen LogP contribution in [0.15, 0.2) is 12.1 Å². The minimum absolute atomic E-state index is 0.0315. The van der Waals surface area contributed by atoms with Crippen LogP contribution in [0.4, 0.5) is 17.3 Å². The zero-order valence-corrected chi connectivity index (χ0v) is 12.1.